The van der Waals surface area contributed by atoms with Crippen LogP contribution in [0.3, 0.4) is 0 Å². The Kier molecular flexibility index (Phi) is 5.37. The van der Waals surface area contributed by atoms with E-state index >= 15 is 0 Å². The first kappa shape index (κ1) is 19.0. The molecule has 2 atom stereocenters. The number of hydrogen-bond acceptors (Lipinski definition) is 4. The van der Waals surface area contributed by atoms with Gasteiger partial charge in [-0.1, -0.05) is 0 Å². The molecular weight excluding hydrogens is 374 g/mol. The first-order chi connectivity index (χ1) is 13.5. The Morgan fingerprint density at radius 1 is 1.25 bits per heavy atom. The molecule has 28 heavy (non-hydrogen) atoms. The molecule has 0 saturated heterocycles. The largest absolute Gasteiger partial charge is 0.495 e. The van der Waals surface area contributed by atoms with Crippen LogP contribution >= 0.6 is 11.3 Å². The molecule has 2 aliphatic rings. The Balaban J connectivity index is 1.48. The van der Waals surface area contributed by atoms with Gasteiger partial charge in [0.1, 0.15) is 11.8 Å². The topological polar surface area (TPSA) is 71.9 Å². The summed E-state index contributed by atoms with van der Waals surface area (Å²) in [5.74, 6) is 1.10. The number of thiophene rings is 1. The van der Waals surface area contributed by atoms with Gasteiger partial charge in [-0.05, 0) is 42.5 Å². The van der Waals surface area contributed by atoms with Gasteiger partial charge in [-0.25, -0.2) is 0 Å². The van der Waals surface area contributed by atoms with Crippen molar-refractivity contribution >= 4 is 34.5 Å². The van der Waals surface area contributed by atoms with Crippen LogP contribution in [0.15, 0.2) is 29.6 Å². The monoisotopic (exact) mass is 400 g/mol. The molecule has 2 amide bonds. The number of benzene rings is 1. The summed E-state index contributed by atoms with van der Waals surface area (Å²) in [6.45, 7) is 2.88. The van der Waals surface area contributed by atoms with E-state index < -0.39 is 0 Å². The number of carbonyl (C=O) groups is 2. The minimum Gasteiger partial charge on any atom is -0.495 e. The number of ether oxygens (including phenoxy) is 1. The van der Waals surface area contributed by atoms with Gasteiger partial charge in [-0.15, -0.1) is 11.3 Å². The van der Waals surface area contributed by atoms with Crippen LogP contribution in [0.2, 0.25) is 0 Å². The molecule has 0 radical (unpaired) electrons. The average Bonchev–Trinajstić information content (AvgIpc) is 3.37. The number of carbonyl (C=O) groups excluding carboxylic acids is 2. The summed E-state index contributed by atoms with van der Waals surface area (Å²) in [5.41, 5.74) is 2.66. The summed E-state index contributed by atoms with van der Waals surface area (Å²) >= 11 is 1.84. The molecule has 1 aliphatic carbocycles. The van der Waals surface area contributed by atoms with Crippen molar-refractivity contribution in [2.45, 2.75) is 32.2 Å². The van der Waals surface area contributed by atoms with Crippen molar-refractivity contribution in [2.24, 2.45) is 5.92 Å². The number of fused-ring (bicyclic) bond motifs is 1. The maximum atomic E-state index is 12.8. The zero-order chi connectivity index (χ0) is 19.7. The number of rotatable bonds is 6. The molecule has 6 nitrogen and oxygen atoms in total. The predicted octanol–water partition coefficient (Wildman–Crippen LogP) is 2.25. The number of hydrogen-bond donors (Lipinski definition) is 3. The van der Waals surface area contributed by atoms with Gasteiger partial charge in [0.25, 0.3) is 5.91 Å². The van der Waals surface area contributed by atoms with Gasteiger partial charge in [0.15, 0.2) is 6.54 Å². The third-order valence-corrected chi connectivity index (χ3v) is 6.50. The zero-order valence-electron chi connectivity index (χ0n) is 16.2. The van der Waals surface area contributed by atoms with Crippen molar-refractivity contribution < 1.29 is 19.2 Å². The Morgan fingerprint density at radius 2 is 2.07 bits per heavy atom. The number of quaternary nitrogens is 1. The minimum atomic E-state index is -0.154. The van der Waals surface area contributed by atoms with Crippen molar-refractivity contribution in [3.8, 4) is 5.75 Å². The number of anilines is 2. The smallest absolute Gasteiger partial charge is 0.279 e. The Morgan fingerprint density at radius 3 is 2.79 bits per heavy atom. The molecule has 0 spiro atoms. The van der Waals surface area contributed by atoms with Crippen molar-refractivity contribution in [1.82, 2.24) is 0 Å². The lowest BCUT2D eigenvalue weighted by atomic mass is 9.96. The lowest BCUT2D eigenvalue weighted by Crippen LogP contribution is -3.14. The summed E-state index contributed by atoms with van der Waals surface area (Å²) in [6, 6.07) is 7.93. The second-order valence-corrected chi connectivity index (χ2v) is 8.59. The fraction of sp³-hybridized carbons (Fsp3) is 0.429. The molecule has 4 rings (SSSR count). The van der Waals surface area contributed by atoms with Gasteiger partial charge in [0.05, 0.1) is 19.3 Å². The minimum absolute atomic E-state index is 0.0300. The van der Waals surface area contributed by atoms with E-state index in [1.165, 1.54) is 35.1 Å². The molecule has 1 aliphatic heterocycles. The highest BCUT2D eigenvalue weighted by atomic mass is 32.1. The molecule has 1 saturated carbocycles. The second kappa shape index (κ2) is 7.93. The fourth-order valence-corrected chi connectivity index (χ4v) is 5.11. The highest BCUT2D eigenvalue weighted by Gasteiger charge is 2.43. The molecule has 1 aromatic heterocycles. The van der Waals surface area contributed by atoms with Crippen LogP contribution in [-0.4, -0.2) is 32.0 Å². The highest BCUT2D eigenvalue weighted by molar-refractivity contribution is 7.10. The van der Waals surface area contributed by atoms with Gasteiger partial charge in [0.2, 0.25) is 5.91 Å². The van der Waals surface area contributed by atoms with E-state index in [1.807, 2.05) is 11.3 Å². The van der Waals surface area contributed by atoms with E-state index in [-0.39, 0.29) is 11.8 Å². The van der Waals surface area contributed by atoms with Crippen LogP contribution in [0.4, 0.5) is 11.4 Å². The van der Waals surface area contributed by atoms with Crippen molar-refractivity contribution in [1.29, 1.82) is 0 Å². The molecule has 2 heterocycles. The maximum absolute atomic E-state index is 12.8. The molecule has 1 unspecified atom stereocenters. The van der Waals surface area contributed by atoms with Gasteiger partial charge in [-0.2, -0.15) is 0 Å². The molecule has 3 N–H and O–H groups in total. The van der Waals surface area contributed by atoms with Crippen LogP contribution in [0.1, 0.15) is 36.2 Å². The van der Waals surface area contributed by atoms with Crippen molar-refractivity contribution in [2.75, 3.05) is 30.8 Å². The van der Waals surface area contributed by atoms with Crippen LogP contribution in [0.25, 0.3) is 0 Å². The summed E-state index contributed by atoms with van der Waals surface area (Å²) in [5, 5.41) is 7.91. The molecular formula is C21H26N3O3S+. The number of amides is 2. The quantitative estimate of drug-likeness (QED) is 0.696. The number of nitrogens with one attached hydrogen (secondary N) is 3. The predicted molar refractivity (Wildman–Crippen MR) is 110 cm³/mol. The molecule has 7 heteroatoms. The van der Waals surface area contributed by atoms with Gasteiger partial charge in [0, 0.05) is 35.4 Å². The van der Waals surface area contributed by atoms with Gasteiger partial charge >= 0.3 is 0 Å². The Labute approximate surface area is 168 Å². The average molecular weight is 401 g/mol. The molecule has 148 valence electrons. The van der Waals surface area contributed by atoms with Crippen LogP contribution in [-0.2, 0) is 16.0 Å². The van der Waals surface area contributed by atoms with Gasteiger partial charge in [-0.3, -0.25) is 9.59 Å². The summed E-state index contributed by atoms with van der Waals surface area (Å²) in [6.07, 6.45) is 3.56. The van der Waals surface area contributed by atoms with Crippen LogP contribution < -0.4 is 20.3 Å². The first-order valence-corrected chi connectivity index (χ1v) is 10.6. The molecule has 2 aromatic rings. The lowest BCUT2D eigenvalue weighted by molar-refractivity contribution is -0.928. The standard InChI is InChI=1S/C21H25N3O3S/c1-13(25)22-15-5-6-18(27-2)17(11-15)23-20(26)12-24-9-7-19-16(8-10-28-19)21(24)14-3-4-14/h5-6,8,10-11,14,21H,3-4,7,9,12H2,1-2H3,(H,22,25)(H,23,26)/p+1/t21-/m0/s1. The number of methoxy groups -OCH3 is 1. The second-order valence-electron chi connectivity index (χ2n) is 7.59. The molecule has 1 aromatic carbocycles. The van der Waals surface area contributed by atoms with Crippen molar-refractivity contribution in [3.63, 3.8) is 0 Å². The molecule has 0 bridgehead atoms. The fourth-order valence-electron chi connectivity index (χ4n) is 4.18. The van der Waals surface area contributed by atoms with Gasteiger partial charge < -0.3 is 20.3 Å². The maximum Gasteiger partial charge on any atom is 0.279 e. The normalized spacial score (nSPS) is 20.9. The summed E-state index contributed by atoms with van der Waals surface area (Å²) in [7, 11) is 1.57. The van der Waals surface area contributed by atoms with E-state index in [2.05, 4.69) is 22.1 Å². The van der Waals surface area contributed by atoms with E-state index in [0.29, 0.717) is 35.6 Å². The summed E-state index contributed by atoms with van der Waals surface area (Å²) in [4.78, 5) is 27.0. The van der Waals surface area contributed by atoms with Crippen molar-refractivity contribution in [3.05, 3.63) is 40.1 Å². The van der Waals surface area contributed by atoms with E-state index in [0.717, 1.165) is 13.0 Å². The Hall–Kier alpha value is -2.38. The lowest BCUT2D eigenvalue weighted by Gasteiger charge is -2.32. The van der Waals surface area contributed by atoms with E-state index in [1.54, 1.807) is 25.3 Å². The zero-order valence-corrected chi connectivity index (χ0v) is 17.0. The third kappa shape index (κ3) is 4.05. The first-order valence-electron chi connectivity index (χ1n) is 9.71. The molecule has 1 fully saturated rings. The third-order valence-electron chi connectivity index (χ3n) is 5.50. The van der Waals surface area contributed by atoms with Crippen LogP contribution in [0.5, 0.6) is 5.75 Å². The van der Waals surface area contributed by atoms with Crippen LogP contribution in [0, 0.1) is 5.92 Å². The highest BCUT2D eigenvalue weighted by Crippen LogP contribution is 2.42. The Bertz CT molecular complexity index is 891. The van der Waals surface area contributed by atoms with E-state index in [4.69, 9.17) is 4.74 Å². The SMILES string of the molecule is COc1ccc(NC(C)=O)cc1NC(=O)C[NH+]1CCc2sccc2[C@@H]1C1CC1. The van der Waals surface area contributed by atoms with E-state index in [9.17, 15) is 9.59 Å². The summed E-state index contributed by atoms with van der Waals surface area (Å²) < 4.78 is 5.37.